The number of hydrogen-bond donors (Lipinski definition) is 0. The van der Waals surface area contributed by atoms with Gasteiger partial charge in [0, 0.05) is 18.8 Å². The van der Waals surface area contributed by atoms with E-state index in [2.05, 4.69) is 6.92 Å². The highest BCUT2D eigenvalue weighted by Crippen LogP contribution is 2.68. The summed E-state index contributed by atoms with van der Waals surface area (Å²) in [6.45, 7) is 5.47. The third-order valence-corrected chi connectivity index (χ3v) is 8.62. The molecule has 3 fully saturated rings. The van der Waals surface area contributed by atoms with Crippen LogP contribution in [0, 0.1) is 34.5 Å². The molecule has 28 heavy (non-hydrogen) atoms. The second-order valence-corrected chi connectivity index (χ2v) is 9.91. The van der Waals surface area contributed by atoms with Gasteiger partial charge in [-0.25, -0.2) is 0 Å². The first kappa shape index (κ1) is 20.0. The van der Waals surface area contributed by atoms with Crippen LogP contribution in [-0.2, 0) is 14.3 Å². The first-order valence-corrected chi connectivity index (χ1v) is 10.5. The van der Waals surface area contributed by atoms with Gasteiger partial charge in [-0.05, 0) is 73.3 Å². The predicted octanol–water partition coefficient (Wildman–Crippen LogP) is 5.24. The molecule has 0 N–H and O–H groups in total. The lowest BCUT2D eigenvalue weighted by Crippen LogP contribution is -2.55. The molecule has 0 unspecified atom stereocenters. The van der Waals surface area contributed by atoms with Crippen LogP contribution in [0.2, 0.25) is 0 Å². The topological polar surface area (TPSA) is 43.4 Å². The molecule has 4 aliphatic rings. The number of halogens is 3. The van der Waals surface area contributed by atoms with Crippen molar-refractivity contribution in [2.24, 2.45) is 34.5 Å². The lowest BCUT2D eigenvalue weighted by Gasteiger charge is -2.59. The van der Waals surface area contributed by atoms with E-state index in [9.17, 15) is 22.8 Å². The van der Waals surface area contributed by atoms with Gasteiger partial charge in [0.25, 0.3) is 0 Å². The summed E-state index contributed by atoms with van der Waals surface area (Å²) >= 11 is 0. The largest absolute Gasteiger partial charge is 0.462 e. The van der Waals surface area contributed by atoms with E-state index in [0.29, 0.717) is 18.4 Å². The SMILES string of the molecule is CC(=O)O[C@H]1CC[C@H]2[C@@H]3C[C@@H](C(F)(F)F)C4=CC(=O)CC[C@]4(C)[C@H]3CC[C@]12C. The number of ether oxygens (including phenoxy) is 1. The van der Waals surface area contributed by atoms with Crippen molar-refractivity contribution in [3.63, 3.8) is 0 Å². The fraction of sp³-hybridized carbons (Fsp3) is 0.818. The molecule has 0 saturated heterocycles. The molecule has 0 aromatic rings. The Bertz CT molecular complexity index is 727. The Morgan fingerprint density at radius 2 is 1.86 bits per heavy atom. The van der Waals surface area contributed by atoms with Crippen molar-refractivity contribution in [3.05, 3.63) is 11.6 Å². The molecular weight excluding hydrogens is 369 g/mol. The number of hydrogen-bond acceptors (Lipinski definition) is 3. The minimum absolute atomic E-state index is 0.0405. The minimum Gasteiger partial charge on any atom is -0.462 e. The molecule has 7 atom stereocenters. The molecule has 0 radical (unpaired) electrons. The molecule has 6 heteroatoms. The van der Waals surface area contributed by atoms with E-state index in [0.717, 1.165) is 25.7 Å². The van der Waals surface area contributed by atoms with Crippen LogP contribution in [0.5, 0.6) is 0 Å². The molecule has 156 valence electrons. The smallest absolute Gasteiger partial charge is 0.395 e. The molecule has 0 spiro atoms. The summed E-state index contributed by atoms with van der Waals surface area (Å²) in [6.07, 6.45) is 0.959. The summed E-state index contributed by atoms with van der Waals surface area (Å²) in [5.41, 5.74) is -0.473. The van der Waals surface area contributed by atoms with Crippen molar-refractivity contribution in [1.82, 2.24) is 0 Å². The molecule has 3 saturated carbocycles. The van der Waals surface area contributed by atoms with Gasteiger partial charge in [-0.15, -0.1) is 0 Å². The average Bonchev–Trinajstić information content (AvgIpc) is 2.90. The lowest BCUT2D eigenvalue weighted by atomic mass is 9.45. The van der Waals surface area contributed by atoms with Gasteiger partial charge in [0.2, 0.25) is 0 Å². The minimum atomic E-state index is -4.34. The van der Waals surface area contributed by atoms with Gasteiger partial charge in [0.15, 0.2) is 5.78 Å². The standard InChI is InChI=1S/C22H29F3O3/c1-12(26)28-19-5-4-15-14-11-18(22(23,24)25)17-10-13(27)6-8-20(17,2)16(14)7-9-21(15,19)3/h10,14-16,18-19H,4-9,11H2,1-3H3/t14-,15-,16-,18+,19-,20+,21-/m0/s1. The van der Waals surface area contributed by atoms with Gasteiger partial charge in [-0.2, -0.15) is 13.2 Å². The highest BCUT2D eigenvalue weighted by Gasteiger charge is 2.64. The van der Waals surface area contributed by atoms with Crippen molar-refractivity contribution < 1.29 is 27.5 Å². The number of alkyl halides is 3. The molecule has 0 aliphatic heterocycles. The summed E-state index contributed by atoms with van der Waals surface area (Å²) in [4.78, 5) is 23.5. The molecule has 0 aromatic carbocycles. The number of fused-ring (bicyclic) bond motifs is 5. The Morgan fingerprint density at radius 1 is 1.14 bits per heavy atom. The Morgan fingerprint density at radius 3 is 2.50 bits per heavy atom. The Hall–Kier alpha value is -1.33. The zero-order valence-corrected chi connectivity index (χ0v) is 16.8. The Balaban J connectivity index is 1.73. The van der Waals surface area contributed by atoms with Gasteiger partial charge in [-0.3, -0.25) is 9.59 Å². The van der Waals surface area contributed by atoms with Crippen LogP contribution in [0.1, 0.15) is 65.7 Å². The van der Waals surface area contributed by atoms with E-state index in [4.69, 9.17) is 4.74 Å². The number of allylic oxidation sites excluding steroid dienone is 1. The van der Waals surface area contributed by atoms with Crippen LogP contribution in [0.15, 0.2) is 11.6 Å². The second kappa shape index (κ2) is 6.33. The van der Waals surface area contributed by atoms with Gasteiger partial charge in [-0.1, -0.05) is 13.8 Å². The first-order chi connectivity index (χ1) is 13.0. The fourth-order valence-corrected chi connectivity index (χ4v) is 7.30. The van der Waals surface area contributed by atoms with Crippen LogP contribution < -0.4 is 0 Å². The molecule has 0 bridgehead atoms. The number of esters is 1. The molecule has 0 amide bonds. The maximum absolute atomic E-state index is 14.0. The van der Waals surface area contributed by atoms with Crippen LogP contribution in [-0.4, -0.2) is 24.0 Å². The zero-order valence-electron chi connectivity index (χ0n) is 16.8. The number of carbonyl (C=O) groups excluding carboxylic acids is 2. The van der Waals surface area contributed by atoms with Crippen molar-refractivity contribution in [3.8, 4) is 0 Å². The molecule has 4 rings (SSSR count). The van der Waals surface area contributed by atoms with Crippen molar-refractivity contribution >= 4 is 11.8 Å². The van der Waals surface area contributed by atoms with Crippen molar-refractivity contribution in [2.75, 3.05) is 0 Å². The summed E-state index contributed by atoms with van der Waals surface area (Å²) in [7, 11) is 0. The number of rotatable bonds is 1. The lowest BCUT2D eigenvalue weighted by molar-refractivity contribution is -0.196. The van der Waals surface area contributed by atoms with Crippen LogP contribution in [0.25, 0.3) is 0 Å². The fourth-order valence-electron chi connectivity index (χ4n) is 7.30. The first-order valence-electron chi connectivity index (χ1n) is 10.5. The quantitative estimate of drug-likeness (QED) is 0.568. The third kappa shape index (κ3) is 2.85. The average molecular weight is 398 g/mol. The zero-order chi connectivity index (χ0) is 20.5. The number of ketones is 1. The third-order valence-electron chi connectivity index (χ3n) is 8.62. The normalized spacial score (nSPS) is 45.6. The summed E-state index contributed by atoms with van der Waals surface area (Å²) in [6, 6.07) is 0. The van der Waals surface area contributed by atoms with Crippen molar-refractivity contribution in [2.45, 2.75) is 78.0 Å². The van der Waals surface area contributed by atoms with Gasteiger partial charge in [0.1, 0.15) is 6.10 Å². The highest BCUT2D eigenvalue weighted by molar-refractivity contribution is 5.91. The van der Waals surface area contributed by atoms with Gasteiger partial charge in [0.05, 0.1) is 5.92 Å². The summed E-state index contributed by atoms with van der Waals surface area (Å²) in [5.74, 6) is -1.75. The van der Waals surface area contributed by atoms with E-state index < -0.39 is 17.5 Å². The van der Waals surface area contributed by atoms with E-state index in [-0.39, 0.29) is 47.4 Å². The van der Waals surface area contributed by atoms with E-state index >= 15 is 0 Å². The summed E-state index contributed by atoms with van der Waals surface area (Å²) in [5, 5.41) is 0. The maximum Gasteiger partial charge on any atom is 0.395 e. The second-order valence-electron chi connectivity index (χ2n) is 9.91. The molecule has 3 nitrogen and oxygen atoms in total. The Kier molecular flexibility index (Phi) is 4.51. The summed E-state index contributed by atoms with van der Waals surface area (Å²) < 4.78 is 47.7. The Labute approximate surface area is 164 Å². The molecule has 4 aliphatic carbocycles. The van der Waals surface area contributed by atoms with Gasteiger partial charge >= 0.3 is 12.1 Å². The van der Waals surface area contributed by atoms with Crippen LogP contribution >= 0.6 is 0 Å². The van der Waals surface area contributed by atoms with E-state index in [1.807, 2.05) is 6.92 Å². The van der Waals surface area contributed by atoms with Gasteiger partial charge < -0.3 is 4.74 Å². The van der Waals surface area contributed by atoms with Crippen LogP contribution in [0.3, 0.4) is 0 Å². The molecule has 0 heterocycles. The van der Waals surface area contributed by atoms with E-state index in [1.54, 1.807) is 0 Å². The van der Waals surface area contributed by atoms with E-state index in [1.165, 1.54) is 13.0 Å². The number of carbonyl (C=O) groups is 2. The monoisotopic (exact) mass is 398 g/mol. The molecular formula is C22H29F3O3. The maximum atomic E-state index is 14.0. The molecule has 0 aromatic heterocycles. The highest BCUT2D eigenvalue weighted by atomic mass is 19.4. The predicted molar refractivity (Wildman–Crippen MR) is 97.2 cm³/mol. The van der Waals surface area contributed by atoms with Crippen LogP contribution in [0.4, 0.5) is 13.2 Å². The van der Waals surface area contributed by atoms with Crippen molar-refractivity contribution in [1.29, 1.82) is 0 Å².